The number of aromatic nitrogens is 3. The number of furan rings is 1. The Morgan fingerprint density at radius 3 is 2.91 bits per heavy atom. The molecule has 2 heterocycles. The van der Waals surface area contributed by atoms with Crippen LogP contribution in [0.3, 0.4) is 0 Å². The van der Waals surface area contributed by atoms with Crippen molar-refractivity contribution in [2.75, 3.05) is 0 Å². The number of carbonyl (C=O) groups is 1. The number of thioether (sulfide) groups is 1. The Labute approximate surface area is 140 Å². The van der Waals surface area contributed by atoms with Crippen molar-refractivity contribution in [1.29, 1.82) is 0 Å². The highest BCUT2D eigenvalue weighted by Gasteiger charge is 2.24. The third-order valence-electron chi connectivity index (χ3n) is 4.13. The number of hydrogen-bond acceptors (Lipinski definition) is 5. The summed E-state index contributed by atoms with van der Waals surface area (Å²) in [6, 6.07) is 4.03. The molecule has 23 heavy (non-hydrogen) atoms. The first-order chi connectivity index (χ1) is 11.2. The normalized spacial score (nSPS) is 16.6. The predicted octanol–water partition coefficient (Wildman–Crippen LogP) is 3.10. The van der Waals surface area contributed by atoms with Gasteiger partial charge in [-0.25, -0.2) is 0 Å². The summed E-state index contributed by atoms with van der Waals surface area (Å²) in [5, 5.41) is 12.1. The van der Waals surface area contributed by atoms with Crippen LogP contribution in [0.2, 0.25) is 0 Å². The first-order valence-corrected chi connectivity index (χ1v) is 9.01. The van der Waals surface area contributed by atoms with Gasteiger partial charge in [0.15, 0.2) is 16.7 Å². The molecule has 7 heteroatoms. The van der Waals surface area contributed by atoms with E-state index in [1.165, 1.54) is 24.6 Å². The molecule has 1 saturated carbocycles. The van der Waals surface area contributed by atoms with Crippen molar-refractivity contribution in [3.05, 3.63) is 18.4 Å². The van der Waals surface area contributed by atoms with E-state index < -0.39 is 0 Å². The molecular weight excluding hydrogens is 312 g/mol. The number of rotatable bonds is 6. The number of hydrogen-bond donors (Lipinski definition) is 1. The molecule has 1 fully saturated rings. The third-order valence-corrected chi connectivity index (χ3v) is 5.21. The molecule has 3 rings (SSSR count). The van der Waals surface area contributed by atoms with Crippen LogP contribution in [-0.4, -0.2) is 32.0 Å². The maximum absolute atomic E-state index is 12.3. The summed E-state index contributed by atoms with van der Waals surface area (Å²) >= 11 is 1.44. The molecular formula is C16H22N4O2S. The minimum absolute atomic E-state index is 0.0760. The van der Waals surface area contributed by atoms with E-state index in [1.54, 1.807) is 6.26 Å². The van der Waals surface area contributed by atoms with Gasteiger partial charge in [0.1, 0.15) is 0 Å². The van der Waals surface area contributed by atoms with E-state index in [-0.39, 0.29) is 11.2 Å². The van der Waals surface area contributed by atoms with E-state index in [2.05, 4.69) is 15.5 Å². The second-order valence-electron chi connectivity index (χ2n) is 5.78. The topological polar surface area (TPSA) is 73.0 Å². The van der Waals surface area contributed by atoms with Gasteiger partial charge in [0, 0.05) is 12.6 Å². The Balaban J connectivity index is 1.68. The van der Waals surface area contributed by atoms with Crippen LogP contribution in [0.1, 0.15) is 39.5 Å². The summed E-state index contributed by atoms with van der Waals surface area (Å²) in [5.41, 5.74) is 0. The van der Waals surface area contributed by atoms with E-state index in [9.17, 15) is 4.79 Å². The maximum atomic E-state index is 12.3. The van der Waals surface area contributed by atoms with Crippen LogP contribution < -0.4 is 5.32 Å². The zero-order chi connectivity index (χ0) is 16.2. The Hall–Kier alpha value is -1.76. The molecule has 0 spiro atoms. The van der Waals surface area contributed by atoms with Crippen LogP contribution in [-0.2, 0) is 11.3 Å². The van der Waals surface area contributed by atoms with Gasteiger partial charge in [-0.05, 0) is 38.8 Å². The summed E-state index contributed by atoms with van der Waals surface area (Å²) < 4.78 is 7.38. The molecule has 1 aliphatic rings. The van der Waals surface area contributed by atoms with Gasteiger partial charge < -0.3 is 9.73 Å². The molecule has 1 amide bonds. The number of carbonyl (C=O) groups excluding carboxylic acids is 1. The molecule has 1 aliphatic carbocycles. The molecule has 0 radical (unpaired) electrons. The van der Waals surface area contributed by atoms with Gasteiger partial charge in [0.25, 0.3) is 0 Å². The molecule has 2 aromatic rings. The highest BCUT2D eigenvalue weighted by molar-refractivity contribution is 8.00. The molecule has 0 aromatic carbocycles. The highest BCUT2D eigenvalue weighted by Crippen LogP contribution is 2.27. The summed E-state index contributed by atoms with van der Waals surface area (Å²) in [6.07, 6.45) is 6.23. The molecule has 1 atom stereocenters. The maximum Gasteiger partial charge on any atom is 0.233 e. The van der Waals surface area contributed by atoms with Crippen molar-refractivity contribution in [2.45, 2.75) is 62.5 Å². The van der Waals surface area contributed by atoms with Crippen molar-refractivity contribution in [1.82, 2.24) is 20.1 Å². The first kappa shape index (κ1) is 16.1. The van der Waals surface area contributed by atoms with Crippen molar-refractivity contribution in [3.63, 3.8) is 0 Å². The van der Waals surface area contributed by atoms with Gasteiger partial charge in [-0.1, -0.05) is 24.6 Å². The fraction of sp³-hybridized carbons (Fsp3) is 0.562. The SMILES string of the molecule is CCn1c(S[C@@H](C)C(=O)NC2CCCC2)nnc1-c1ccco1. The average Bonchev–Trinajstić information content (AvgIpc) is 3.28. The molecule has 6 nitrogen and oxygen atoms in total. The third kappa shape index (κ3) is 3.60. The largest absolute Gasteiger partial charge is 0.461 e. The quantitative estimate of drug-likeness (QED) is 0.822. The van der Waals surface area contributed by atoms with Gasteiger partial charge in [-0.2, -0.15) is 0 Å². The minimum atomic E-state index is -0.199. The van der Waals surface area contributed by atoms with Crippen LogP contribution in [0, 0.1) is 0 Å². The Bertz CT molecular complexity index is 647. The van der Waals surface area contributed by atoms with Gasteiger partial charge >= 0.3 is 0 Å². The lowest BCUT2D eigenvalue weighted by Crippen LogP contribution is -2.37. The van der Waals surface area contributed by atoms with Gasteiger partial charge in [-0.3, -0.25) is 9.36 Å². The van der Waals surface area contributed by atoms with E-state index in [4.69, 9.17) is 4.42 Å². The molecule has 2 aromatic heterocycles. The van der Waals surface area contributed by atoms with Crippen molar-refractivity contribution < 1.29 is 9.21 Å². The number of amides is 1. The van der Waals surface area contributed by atoms with Crippen molar-refractivity contribution in [2.24, 2.45) is 0 Å². The van der Waals surface area contributed by atoms with Crippen LogP contribution >= 0.6 is 11.8 Å². The smallest absolute Gasteiger partial charge is 0.233 e. The standard InChI is InChI=1S/C16H22N4O2S/c1-3-20-14(13-9-6-10-22-13)18-19-16(20)23-11(2)15(21)17-12-7-4-5-8-12/h6,9-12H,3-5,7-8H2,1-2H3,(H,17,21)/t11-/m0/s1. The average molecular weight is 334 g/mol. The summed E-state index contributed by atoms with van der Waals surface area (Å²) in [6.45, 7) is 4.67. The van der Waals surface area contributed by atoms with E-state index in [0.29, 0.717) is 17.6 Å². The monoisotopic (exact) mass is 334 g/mol. The Morgan fingerprint density at radius 2 is 2.26 bits per heavy atom. The highest BCUT2D eigenvalue weighted by atomic mass is 32.2. The lowest BCUT2D eigenvalue weighted by molar-refractivity contribution is -0.120. The lowest BCUT2D eigenvalue weighted by Gasteiger charge is -2.16. The van der Waals surface area contributed by atoms with Crippen molar-refractivity contribution in [3.8, 4) is 11.6 Å². The minimum Gasteiger partial charge on any atom is -0.461 e. The zero-order valence-electron chi connectivity index (χ0n) is 13.5. The number of nitrogens with zero attached hydrogens (tertiary/aromatic N) is 3. The van der Waals surface area contributed by atoms with E-state index in [1.807, 2.05) is 30.5 Å². The van der Waals surface area contributed by atoms with E-state index >= 15 is 0 Å². The van der Waals surface area contributed by atoms with Gasteiger partial charge in [-0.15, -0.1) is 10.2 Å². The Kier molecular flexibility index (Phi) is 5.05. The summed E-state index contributed by atoms with van der Waals surface area (Å²) in [7, 11) is 0. The van der Waals surface area contributed by atoms with Gasteiger partial charge in [0.05, 0.1) is 11.5 Å². The van der Waals surface area contributed by atoms with E-state index in [0.717, 1.165) is 24.5 Å². The summed E-state index contributed by atoms with van der Waals surface area (Å²) in [4.78, 5) is 12.3. The molecule has 0 saturated heterocycles. The van der Waals surface area contributed by atoms with Crippen LogP contribution in [0.4, 0.5) is 0 Å². The lowest BCUT2D eigenvalue weighted by atomic mass is 10.2. The predicted molar refractivity (Wildman–Crippen MR) is 89.1 cm³/mol. The molecule has 0 unspecified atom stereocenters. The molecule has 124 valence electrons. The zero-order valence-corrected chi connectivity index (χ0v) is 14.3. The molecule has 0 bridgehead atoms. The van der Waals surface area contributed by atoms with Crippen LogP contribution in [0.15, 0.2) is 28.0 Å². The first-order valence-electron chi connectivity index (χ1n) is 8.13. The van der Waals surface area contributed by atoms with Crippen molar-refractivity contribution >= 4 is 17.7 Å². The number of nitrogens with one attached hydrogen (secondary N) is 1. The molecule has 0 aliphatic heterocycles. The van der Waals surface area contributed by atoms with Crippen LogP contribution in [0.5, 0.6) is 0 Å². The molecule has 1 N–H and O–H groups in total. The van der Waals surface area contributed by atoms with Crippen LogP contribution in [0.25, 0.3) is 11.6 Å². The summed E-state index contributed by atoms with van der Waals surface area (Å²) in [5.74, 6) is 1.46. The Morgan fingerprint density at radius 1 is 1.48 bits per heavy atom. The van der Waals surface area contributed by atoms with Gasteiger partial charge in [0.2, 0.25) is 5.91 Å². The second kappa shape index (κ2) is 7.21. The second-order valence-corrected chi connectivity index (χ2v) is 7.09. The fourth-order valence-electron chi connectivity index (χ4n) is 2.85. The fourth-order valence-corrected chi connectivity index (χ4v) is 3.77.